The molecule has 1 aliphatic heterocycles. The van der Waals surface area contributed by atoms with Crippen molar-refractivity contribution in [1.29, 1.82) is 0 Å². The lowest BCUT2D eigenvalue weighted by atomic mass is 9.95. The van der Waals surface area contributed by atoms with E-state index in [0.717, 1.165) is 5.01 Å². The van der Waals surface area contributed by atoms with Gasteiger partial charge in [0.2, 0.25) is 0 Å². The Morgan fingerprint density at radius 3 is 2.55 bits per heavy atom. The van der Waals surface area contributed by atoms with E-state index >= 15 is 0 Å². The number of carbonyl (C=O) groups is 1. The number of hydrogen-bond acceptors (Lipinski definition) is 5. The first-order valence-corrected chi connectivity index (χ1v) is 7.08. The average Bonchev–Trinajstić information content (AvgIpc) is 2.71. The molecule has 1 aliphatic rings. The minimum atomic E-state index is -1.34. The van der Waals surface area contributed by atoms with Gasteiger partial charge in [-0.2, -0.15) is 10.1 Å². The Bertz CT molecular complexity index is 624. The summed E-state index contributed by atoms with van der Waals surface area (Å²) in [6, 6.07) is 5.28. The highest BCUT2D eigenvalue weighted by atomic mass is 16.6. The molecule has 1 N–H and O–H groups in total. The molecule has 0 aliphatic carbocycles. The summed E-state index contributed by atoms with van der Waals surface area (Å²) in [7, 11) is 0. The molecule has 0 aromatic heterocycles. The summed E-state index contributed by atoms with van der Waals surface area (Å²) in [5.74, 6) is -0.270. The predicted molar refractivity (Wildman–Crippen MR) is 81.4 cm³/mol. The lowest BCUT2D eigenvalue weighted by Crippen LogP contribution is -2.46. The lowest BCUT2D eigenvalue weighted by Gasteiger charge is -2.32. The summed E-state index contributed by atoms with van der Waals surface area (Å²) >= 11 is 0. The van der Waals surface area contributed by atoms with E-state index in [0.29, 0.717) is 18.6 Å². The van der Waals surface area contributed by atoms with Crippen LogP contribution < -0.4 is 0 Å². The summed E-state index contributed by atoms with van der Waals surface area (Å²) in [5, 5.41) is 26.6. The van der Waals surface area contributed by atoms with E-state index in [1.54, 1.807) is 6.92 Å². The number of nitro benzene ring substituents is 1. The fraction of sp³-hybridized carbons (Fsp3) is 0.467. The van der Waals surface area contributed by atoms with E-state index < -0.39 is 16.6 Å². The zero-order valence-corrected chi connectivity index (χ0v) is 12.8. The Morgan fingerprint density at radius 2 is 2.05 bits per heavy atom. The topological polar surface area (TPSA) is 96.0 Å². The third-order valence-corrected chi connectivity index (χ3v) is 3.46. The minimum Gasteiger partial charge on any atom is -0.369 e. The maximum atomic E-state index is 12.6. The molecule has 0 saturated heterocycles. The number of benzene rings is 1. The molecular formula is C15H19N3O4. The van der Waals surface area contributed by atoms with Gasteiger partial charge in [-0.15, -0.1) is 0 Å². The van der Waals surface area contributed by atoms with Crippen LogP contribution in [0.25, 0.3) is 0 Å². The quantitative estimate of drug-likeness (QED) is 0.683. The predicted octanol–water partition coefficient (Wildman–Crippen LogP) is 2.55. The zero-order valence-electron chi connectivity index (χ0n) is 12.8. The van der Waals surface area contributed by atoms with Gasteiger partial charge in [0.05, 0.1) is 4.92 Å². The van der Waals surface area contributed by atoms with E-state index in [1.807, 2.05) is 13.8 Å². The van der Waals surface area contributed by atoms with E-state index in [2.05, 4.69) is 5.10 Å². The fourth-order valence-electron chi connectivity index (χ4n) is 2.68. The van der Waals surface area contributed by atoms with Gasteiger partial charge in [0.15, 0.2) is 5.72 Å². The smallest absolute Gasteiger partial charge is 0.276 e. The van der Waals surface area contributed by atoms with Gasteiger partial charge in [-0.1, -0.05) is 13.8 Å². The second-order valence-electron chi connectivity index (χ2n) is 6.01. The molecule has 0 unspecified atom stereocenters. The number of carbonyl (C=O) groups excluding carboxylic acids is 1. The molecular weight excluding hydrogens is 286 g/mol. The van der Waals surface area contributed by atoms with Crippen LogP contribution >= 0.6 is 0 Å². The average molecular weight is 305 g/mol. The van der Waals surface area contributed by atoms with Crippen molar-refractivity contribution < 1.29 is 14.8 Å². The molecule has 0 spiro atoms. The van der Waals surface area contributed by atoms with Crippen LogP contribution in [0.1, 0.15) is 44.0 Å². The molecule has 22 heavy (non-hydrogen) atoms. The summed E-state index contributed by atoms with van der Waals surface area (Å²) in [6.07, 6.45) is 0.719. The van der Waals surface area contributed by atoms with E-state index in [4.69, 9.17) is 0 Å². The van der Waals surface area contributed by atoms with Crippen molar-refractivity contribution in [1.82, 2.24) is 5.01 Å². The Balaban J connectivity index is 2.28. The number of amides is 1. The van der Waals surface area contributed by atoms with Crippen molar-refractivity contribution >= 4 is 17.3 Å². The molecule has 0 fully saturated rings. The molecule has 1 atom stereocenters. The maximum Gasteiger partial charge on any atom is 0.276 e. The van der Waals surface area contributed by atoms with Crippen LogP contribution in [-0.2, 0) is 0 Å². The van der Waals surface area contributed by atoms with Crippen molar-refractivity contribution in [2.75, 3.05) is 0 Å². The first-order chi connectivity index (χ1) is 10.2. The van der Waals surface area contributed by atoms with Crippen LogP contribution in [0.15, 0.2) is 29.4 Å². The largest absolute Gasteiger partial charge is 0.369 e. The molecule has 7 nitrogen and oxygen atoms in total. The third-order valence-electron chi connectivity index (χ3n) is 3.46. The van der Waals surface area contributed by atoms with Crippen LogP contribution in [-0.4, -0.2) is 32.4 Å². The number of nitro groups is 1. The molecule has 7 heteroatoms. The summed E-state index contributed by atoms with van der Waals surface area (Å²) in [6.45, 7) is 5.68. The monoisotopic (exact) mass is 305 g/mol. The minimum absolute atomic E-state index is 0.0879. The Labute approximate surface area is 128 Å². The summed E-state index contributed by atoms with van der Waals surface area (Å²) < 4.78 is 0. The van der Waals surface area contributed by atoms with Gasteiger partial charge in [-0.25, -0.2) is 0 Å². The van der Waals surface area contributed by atoms with E-state index in [1.165, 1.54) is 24.3 Å². The van der Waals surface area contributed by atoms with Gasteiger partial charge < -0.3 is 5.11 Å². The molecule has 1 heterocycles. The molecule has 1 aromatic rings. The van der Waals surface area contributed by atoms with Gasteiger partial charge in [-0.3, -0.25) is 14.9 Å². The van der Waals surface area contributed by atoms with Crippen LogP contribution in [0, 0.1) is 16.0 Å². The molecule has 0 radical (unpaired) electrons. The maximum absolute atomic E-state index is 12.6. The number of hydrogen-bond donors (Lipinski definition) is 1. The van der Waals surface area contributed by atoms with Crippen molar-refractivity contribution in [2.24, 2.45) is 11.0 Å². The summed E-state index contributed by atoms with van der Waals surface area (Å²) in [5.41, 5.74) is -0.489. The Kier molecular flexibility index (Phi) is 4.27. The second-order valence-corrected chi connectivity index (χ2v) is 6.01. The number of aliphatic hydroxyl groups is 1. The van der Waals surface area contributed by atoms with Crippen LogP contribution in [0.5, 0.6) is 0 Å². The Morgan fingerprint density at radius 1 is 1.45 bits per heavy atom. The molecule has 2 rings (SSSR count). The third kappa shape index (κ3) is 3.14. The molecule has 0 bridgehead atoms. The molecule has 1 amide bonds. The summed E-state index contributed by atoms with van der Waals surface area (Å²) in [4.78, 5) is 22.7. The van der Waals surface area contributed by atoms with Crippen molar-refractivity contribution in [2.45, 2.75) is 39.3 Å². The number of non-ortho nitro benzene ring substituents is 1. The van der Waals surface area contributed by atoms with Gasteiger partial charge in [0.25, 0.3) is 11.6 Å². The van der Waals surface area contributed by atoms with Gasteiger partial charge in [0.1, 0.15) is 0 Å². The van der Waals surface area contributed by atoms with Crippen molar-refractivity contribution in [3.05, 3.63) is 39.9 Å². The zero-order chi connectivity index (χ0) is 16.5. The molecule has 0 saturated carbocycles. The first-order valence-electron chi connectivity index (χ1n) is 7.08. The second kappa shape index (κ2) is 5.84. The Hall–Kier alpha value is -2.28. The highest BCUT2D eigenvalue weighted by Crippen LogP contribution is 2.32. The molecule has 118 valence electrons. The van der Waals surface area contributed by atoms with Gasteiger partial charge in [-0.05, 0) is 31.4 Å². The standard InChI is InChI=1S/C15H19N3O4/c1-10(2)8-15(20)9-11(3)16-17(15)14(19)12-4-6-13(7-5-12)18(21)22/h4-7,10,20H,8-9H2,1-3H3/t15-/m0/s1. The van der Waals surface area contributed by atoms with E-state index in [-0.39, 0.29) is 17.2 Å². The lowest BCUT2D eigenvalue weighted by molar-refractivity contribution is -0.384. The van der Waals surface area contributed by atoms with Crippen molar-refractivity contribution in [3.63, 3.8) is 0 Å². The van der Waals surface area contributed by atoms with Crippen molar-refractivity contribution in [3.8, 4) is 0 Å². The number of rotatable bonds is 4. The molecule has 1 aromatic carbocycles. The van der Waals surface area contributed by atoms with Crippen LogP contribution in [0.3, 0.4) is 0 Å². The highest BCUT2D eigenvalue weighted by molar-refractivity contribution is 5.97. The van der Waals surface area contributed by atoms with E-state index in [9.17, 15) is 20.0 Å². The highest BCUT2D eigenvalue weighted by Gasteiger charge is 2.43. The van der Waals surface area contributed by atoms with Gasteiger partial charge >= 0.3 is 0 Å². The fourth-order valence-corrected chi connectivity index (χ4v) is 2.68. The van der Waals surface area contributed by atoms with Crippen LogP contribution in [0.4, 0.5) is 5.69 Å². The van der Waals surface area contributed by atoms with Gasteiger partial charge in [0, 0.05) is 29.8 Å². The SMILES string of the molecule is CC1=NN(C(=O)c2ccc([N+](=O)[O-])cc2)[C@](O)(CC(C)C)C1. The first kappa shape index (κ1) is 16.1. The van der Waals surface area contributed by atoms with Crippen LogP contribution in [0.2, 0.25) is 0 Å². The number of hydrazone groups is 1. The number of nitrogens with zero attached hydrogens (tertiary/aromatic N) is 3. The normalized spacial score (nSPS) is 21.1.